The molecule has 0 saturated heterocycles. The quantitative estimate of drug-likeness (QED) is 0.467. The molecule has 2 amide bonds. The fraction of sp³-hybridized carbons (Fsp3) is 0.440. The van der Waals surface area contributed by atoms with Gasteiger partial charge in [0.25, 0.3) is 0 Å². The highest BCUT2D eigenvalue weighted by atomic mass is 32.2. The predicted octanol–water partition coefficient (Wildman–Crippen LogP) is 3.67. The van der Waals surface area contributed by atoms with E-state index < -0.39 is 46.2 Å². The van der Waals surface area contributed by atoms with Gasteiger partial charge in [-0.05, 0) is 48.7 Å². The SMILES string of the molecule is COc1ccc(CN(C(=O)CN(c2cccc(C(F)(F)F)c2)S(C)(=O)=O)[C@H](C)C(=O)NCC(C)C)cc1. The van der Waals surface area contributed by atoms with Crippen LogP contribution in [0.4, 0.5) is 18.9 Å². The summed E-state index contributed by atoms with van der Waals surface area (Å²) >= 11 is 0. The van der Waals surface area contributed by atoms with Gasteiger partial charge in [-0.15, -0.1) is 0 Å². The molecule has 2 aromatic carbocycles. The summed E-state index contributed by atoms with van der Waals surface area (Å²) in [6.07, 6.45) is -3.90. The number of carbonyl (C=O) groups is 2. The predicted molar refractivity (Wildman–Crippen MR) is 134 cm³/mol. The van der Waals surface area contributed by atoms with Crippen LogP contribution in [0.1, 0.15) is 31.9 Å². The molecule has 0 aliphatic carbocycles. The van der Waals surface area contributed by atoms with Gasteiger partial charge < -0.3 is 15.0 Å². The maximum atomic E-state index is 13.5. The van der Waals surface area contributed by atoms with Gasteiger partial charge in [0.05, 0.1) is 24.6 Å². The van der Waals surface area contributed by atoms with Crippen molar-refractivity contribution in [3.05, 3.63) is 59.7 Å². The summed E-state index contributed by atoms with van der Waals surface area (Å²) in [6, 6.07) is 9.46. The molecule has 0 radical (unpaired) electrons. The fourth-order valence-electron chi connectivity index (χ4n) is 3.41. The molecule has 2 aromatic rings. The van der Waals surface area contributed by atoms with E-state index >= 15 is 0 Å². The smallest absolute Gasteiger partial charge is 0.416 e. The van der Waals surface area contributed by atoms with E-state index in [0.29, 0.717) is 28.2 Å². The number of nitrogens with zero attached hydrogens (tertiary/aromatic N) is 2. The van der Waals surface area contributed by atoms with Crippen LogP contribution in [-0.4, -0.2) is 57.6 Å². The van der Waals surface area contributed by atoms with E-state index in [1.54, 1.807) is 24.3 Å². The van der Waals surface area contributed by atoms with E-state index in [9.17, 15) is 31.2 Å². The van der Waals surface area contributed by atoms with Crippen molar-refractivity contribution in [1.29, 1.82) is 0 Å². The van der Waals surface area contributed by atoms with Gasteiger partial charge in [0.15, 0.2) is 0 Å². The molecule has 37 heavy (non-hydrogen) atoms. The van der Waals surface area contributed by atoms with E-state index in [1.165, 1.54) is 25.0 Å². The zero-order valence-electron chi connectivity index (χ0n) is 21.4. The van der Waals surface area contributed by atoms with E-state index in [4.69, 9.17) is 4.74 Å². The van der Waals surface area contributed by atoms with Crippen molar-refractivity contribution in [3.8, 4) is 5.75 Å². The average Bonchev–Trinajstić information content (AvgIpc) is 2.82. The summed E-state index contributed by atoms with van der Waals surface area (Å²) in [6.45, 7) is 4.85. The highest BCUT2D eigenvalue weighted by molar-refractivity contribution is 7.92. The van der Waals surface area contributed by atoms with Crippen LogP contribution in [0.5, 0.6) is 5.75 Å². The number of hydrogen-bond donors (Lipinski definition) is 1. The minimum absolute atomic E-state index is 0.0424. The average molecular weight is 544 g/mol. The molecule has 0 unspecified atom stereocenters. The zero-order chi connectivity index (χ0) is 28.0. The molecule has 0 saturated carbocycles. The second-order valence-electron chi connectivity index (χ2n) is 9.00. The molecule has 0 heterocycles. The Hall–Kier alpha value is -3.28. The van der Waals surface area contributed by atoms with E-state index in [1.807, 2.05) is 13.8 Å². The number of anilines is 1. The molecule has 0 aromatic heterocycles. The molecular weight excluding hydrogens is 511 g/mol. The maximum Gasteiger partial charge on any atom is 0.416 e. The monoisotopic (exact) mass is 543 g/mol. The third-order valence-corrected chi connectivity index (χ3v) is 6.65. The van der Waals surface area contributed by atoms with Crippen molar-refractivity contribution in [2.45, 2.75) is 39.5 Å². The first-order valence-electron chi connectivity index (χ1n) is 11.5. The highest BCUT2D eigenvalue weighted by Crippen LogP contribution is 2.32. The lowest BCUT2D eigenvalue weighted by atomic mass is 10.1. The minimum atomic E-state index is -4.70. The molecule has 8 nitrogen and oxygen atoms in total. The van der Waals surface area contributed by atoms with Crippen LogP contribution in [0.3, 0.4) is 0 Å². The maximum absolute atomic E-state index is 13.5. The number of halogens is 3. The Morgan fingerprint density at radius 2 is 1.68 bits per heavy atom. The van der Waals surface area contributed by atoms with Gasteiger partial charge in [-0.3, -0.25) is 13.9 Å². The van der Waals surface area contributed by atoms with Crippen molar-refractivity contribution in [1.82, 2.24) is 10.2 Å². The van der Waals surface area contributed by atoms with E-state index in [-0.39, 0.29) is 18.2 Å². The van der Waals surface area contributed by atoms with Crippen molar-refractivity contribution in [3.63, 3.8) is 0 Å². The van der Waals surface area contributed by atoms with Gasteiger partial charge in [0.1, 0.15) is 18.3 Å². The zero-order valence-corrected chi connectivity index (χ0v) is 22.2. The number of carbonyl (C=O) groups excluding carboxylic acids is 2. The third kappa shape index (κ3) is 8.66. The second kappa shape index (κ2) is 12.3. The van der Waals surface area contributed by atoms with Crippen molar-refractivity contribution < 1.29 is 35.9 Å². The molecule has 1 atom stereocenters. The van der Waals surface area contributed by atoms with Crippen LogP contribution >= 0.6 is 0 Å². The number of sulfonamides is 1. The fourth-order valence-corrected chi connectivity index (χ4v) is 4.26. The first-order chi connectivity index (χ1) is 17.1. The van der Waals surface area contributed by atoms with Crippen molar-refractivity contribution in [2.24, 2.45) is 5.92 Å². The largest absolute Gasteiger partial charge is 0.497 e. The van der Waals surface area contributed by atoms with Crippen LogP contribution < -0.4 is 14.4 Å². The molecule has 0 bridgehead atoms. The lowest BCUT2D eigenvalue weighted by Gasteiger charge is -2.31. The number of amides is 2. The molecule has 2 rings (SSSR count). The molecule has 204 valence electrons. The Morgan fingerprint density at radius 3 is 2.19 bits per heavy atom. The minimum Gasteiger partial charge on any atom is -0.497 e. The Morgan fingerprint density at radius 1 is 1.05 bits per heavy atom. The van der Waals surface area contributed by atoms with E-state index in [2.05, 4.69) is 5.32 Å². The second-order valence-corrected chi connectivity index (χ2v) is 10.9. The van der Waals surface area contributed by atoms with Crippen LogP contribution in [0, 0.1) is 5.92 Å². The van der Waals surface area contributed by atoms with Crippen LogP contribution in [0.2, 0.25) is 0 Å². The first-order valence-corrected chi connectivity index (χ1v) is 13.3. The Labute approximate surface area is 215 Å². The summed E-state index contributed by atoms with van der Waals surface area (Å²) < 4.78 is 70.5. The Bertz CT molecular complexity index is 1180. The number of alkyl halides is 3. The summed E-state index contributed by atoms with van der Waals surface area (Å²) in [5.41, 5.74) is -0.725. The van der Waals surface area contributed by atoms with Gasteiger partial charge in [0, 0.05) is 13.1 Å². The van der Waals surface area contributed by atoms with Crippen LogP contribution in [0.15, 0.2) is 48.5 Å². The molecule has 0 aliphatic heterocycles. The lowest BCUT2D eigenvalue weighted by molar-refractivity contribution is -0.139. The normalized spacial score (nSPS) is 12.7. The summed E-state index contributed by atoms with van der Waals surface area (Å²) in [5, 5.41) is 2.75. The molecule has 1 N–H and O–H groups in total. The Balaban J connectivity index is 2.42. The molecule has 12 heteroatoms. The van der Waals surface area contributed by atoms with Gasteiger partial charge in [-0.25, -0.2) is 8.42 Å². The first kappa shape index (κ1) is 29.9. The number of ether oxygens (including phenoxy) is 1. The number of benzene rings is 2. The number of hydrogen-bond acceptors (Lipinski definition) is 5. The van der Waals surface area contributed by atoms with Crippen LogP contribution in [-0.2, 0) is 32.3 Å². The highest BCUT2D eigenvalue weighted by Gasteiger charge is 2.33. The number of rotatable bonds is 11. The van der Waals surface area contributed by atoms with Crippen molar-refractivity contribution in [2.75, 3.05) is 30.8 Å². The summed E-state index contributed by atoms with van der Waals surface area (Å²) in [4.78, 5) is 27.5. The molecular formula is C25H32F3N3O5S. The van der Waals surface area contributed by atoms with Crippen LogP contribution in [0.25, 0.3) is 0 Å². The molecule has 0 aliphatic rings. The standard InChI is InChI=1S/C25H32F3N3O5S/c1-17(2)14-29-24(33)18(3)30(15-19-9-11-22(36-4)12-10-19)23(32)16-31(37(5,34)35)21-8-6-7-20(13-21)25(26,27)28/h6-13,17-18H,14-16H2,1-5H3,(H,29,33)/t18-/m1/s1. The molecule has 0 spiro atoms. The summed E-state index contributed by atoms with van der Waals surface area (Å²) in [7, 11) is -2.66. The summed E-state index contributed by atoms with van der Waals surface area (Å²) in [5.74, 6) is -0.466. The Kier molecular flexibility index (Phi) is 9.96. The van der Waals surface area contributed by atoms with Crippen molar-refractivity contribution >= 4 is 27.5 Å². The molecule has 0 fully saturated rings. The van der Waals surface area contributed by atoms with Gasteiger partial charge in [-0.1, -0.05) is 32.0 Å². The number of nitrogens with one attached hydrogen (secondary N) is 1. The lowest BCUT2D eigenvalue weighted by Crippen LogP contribution is -2.51. The van der Waals surface area contributed by atoms with Gasteiger partial charge in [-0.2, -0.15) is 13.2 Å². The van der Waals surface area contributed by atoms with Gasteiger partial charge in [0.2, 0.25) is 21.8 Å². The topological polar surface area (TPSA) is 96.0 Å². The van der Waals surface area contributed by atoms with Gasteiger partial charge >= 0.3 is 6.18 Å². The van der Waals surface area contributed by atoms with E-state index in [0.717, 1.165) is 18.4 Å². The number of methoxy groups -OCH3 is 1. The third-order valence-electron chi connectivity index (χ3n) is 5.50.